The Morgan fingerprint density at radius 2 is 1.47 bits per heavy atom. The molecular formula is C30H36N2O2. The van der Waals surface area contributed by atoms with Gasteiger partial charge in [-0.25, -0.2) is 0 Å². The van der Waals surface area contributed by atoms with Gasteiger partial charge in [-0.3, -0.25) is 9.59 Å². The van der Waals surface area contributed by atoms with Crippen LogP contribution in [0.2, 0.25) is 0 Å². The molecule has 0 aliphatic carbocycles. The van der Waals surface area contributed by atoms with Crippen LogP contribution in [0.3, 0.4) is 0 Å². The van der Waals surface area contributed by atoms with E-state index in [1.165, 1.54) is 0 Å². The van der Waals surface area contributed by atoms with Crippen molar-refractivity contribution in [1.82, 2.24) is 10.2 Å². The second-order valence-corrected chi connectivity index (χ2v) is 9.46. The Hall–Kier alpha value is -3.40. The van der Waals surface area contributed by atoms with E-state index in [0.29, 0.717) is 25.4 Å². The summed E-state index contributed by atoms with van der Waals surface area (Å²) in [5.41, 5.74) is 5.28. The molecule has 1 atom stereocenters. The maximum atomic E-state index is 13.8. The van der Waals surface area contributed by atoms with Crippen LogP contribution in [-0.4, -0.2) is 29.3 Å². The number of carbonyl (C=O) groups is 2. The molecule has 0 saturated heterocycles. The number of nitrogens with one attached hydrogen (secondary N) is 1. The summed E-state index contributed by atoms with van der Waals surface area (Å²) in [6.45, 7) is 9.16. The SMILES string of the molecule is Cc1ccc(CN(C(=O)Cc2ccccc2C)[C@@H](Cc2ccccc2)C(=O)NCC(C)C)cc1. The smallest absolute Gasteiger partial charge is 0.243 e. The Balaban J connectivity index is 1.96. The average Bonchev–Trinajstić information content (AvgIpc) is 2.83. The maximum absolute atomic E-state index is 13.8. The van der Waals surface area contributed by atoms with E-state index in [1.54, 1.807) is 4.90 Å². The fourth-order valence-corrected chi connectivity index (χ4v) is 3.94. The number of nitrogens with zero attached hydrogens (tertiary/aromatic N) is 1. The lowest BCUT2D eigenvalue weighted by Gasteiger charge is -2.32. The van der Waals surface area contributed by atoms with Gasteiger partial charge in [-0.15, -0.1) is 0 Å². The van der Waals surface area contributed by atoms with Crippen molar-refractivity contribution in [3.63, 3.8) is 0 Å². The molecule has 0 aliphatic heterocycles. The number of rotatable bonds is 10. The van der Waals surface area contributed by atoms with E-state index in [2.05, 4.69) is 19.2 Å². The highest BCUT2D eigenvalue weighted by Crippen LogP contribution is 2.18. The van der Waals surface area contributed by atoms with Crippen molar-refractivity contribution in [3.05, 3.63) is 107 Å². The summed E-state index contributed by atoms with van der Waals surface area (Å²) >= 11 is 0. The van der Waals surface area contributed by atoms with E-state index in [4.69, 9.17) is 0 Å². The number of aryl methyl sites for hydroxylation is 2. The van der Waals surface area contributed by atoms with Crippen LogP contribution < -0.4 is 5.32 Å². The van der Waals surface area contributed by atoms with Crippen LogP contribution >= 0.6 is 0 Å². The van der Waals surface area contributed by atoms with Gasteiger partial charge in [0.2, 0.25) is 11.8 Å². The molecule has 4 nitrogen and oxygen atoms in total. The molecule has 0 spiro atoms. The van der Waals surface area contributed by atoms with Gasteiger partial charge in [0.15, 0.2) is 0 Å². The third kappa shape index (κ3) is 7.31. The molecule has 4 heteroatoms. The Kier molecular flexibility index (Phi) is 9.03. The zero-order valence-corrected chi connectivity index (χ0v) is 20.8. The zero-order valence-electron chi connectivity index (χ0n) is 20.8. The van der Waals surface area contributed by atoms with Crippen molar-refractivity contribution in [2.24, 2.45) is 5.92 Å². The first kappa shape index (κ1) is 25.2. The second kappa shape index (κ2) is 12.2. The van der Waals surface area contributed by atoms with E-state index >= 15 is 0 Å². The Labute approximate surface area is 204 Å². The van der Waals surface area contributed by atoms with Crippen LogP contribution in [0.25, 0.3) is 0 Å². The van der Waals surface area contributed by atoms with Crippen molar-refractivity contribution >= 4 is 11.8 Å². The first-order valence-corrected chi connectivity index (χ1v) is 12.0. The summed E-state index contributed by atoms with van der Waals surface area (Å²) in [4.78, 5) is 29.0. The summed E-state index contributed by atoms with van der Waals surface area (Å²) < 4.78 is 0. The fourth-order valence-electron chi connectivity index (χ4n) is 3.94. The zero-order chi connectivity index (χ0) is 24.5. The van der Waals surface area contributed by atoms with E-state index in [9.17, 15) is 9.59 Å². The molecule has 0 fully saturated rings. The van der Waals surface area contributed by atoms with Crippen molar-refractivity contribution in [2.45, 2.75) is 53.1 Å². The predicted octanol–water partition coefficient (Wildman–Crippen LogP) is 5.26. The lowest BCUT2D eigenvalue weighted by molar-refractivity contribution is -0.140. The largest absolute Gasteiger partial charge is 0.354 e. The molecule has 0 heterocycles. The number of amides is 2. The minimum absolute atomic E-state index is 0.0458. The van der Waals surface area contributed by atoms with Crippen molar-refractivity contribution in [3.8, 4) is 0 Å². The summed E-state index contributed by atoms with van der Waals surface area (Å²) in [6.07, 6.45) is 0.734. The highest BCUT2D eigenvalue weighted by atomic mass is 16.2. The van der Waals surface area contributed by atoms with Gasteiger partial charge in [-0.1, -0.05) is 98.3 Å². The molecule has 0 bridgehead atoms. The van der Waals surface area contributed by atoms with Crippen LogP contribution in [0.15, 0.2) is 78.9 Å². The lowest BCUT2D eigenvalue weighted by atomic mass is 10.00. The number of hydrogen-bond donors (Lipinski definition) is 1. The molecule has 0 radical (unpaired) electrons. The summed E-state index contributed by atoms with van der Waals surface area (Å²) in [7, 11) is 0. The van der Waals surface area contributed by atoms with Crippen molar-refractivity contribution < 1.29 is 9.59 Å². The van der Waals surface area contributed by atoms with E-state index < -0.39 is 6.04 Å². The molecule has 0 aliphatic rings. The standard InChI is InChI=1S/C30H36N2O2/c1-22(2)20-31-30(34)28(18-25-11-6-5-7-12-25)32(21-26-16-14-23(3)15-17-26)29(33)19-27-13-9-8-10-24(27)4/h5-17,22,28H,18-21H2,1-4H3,(H,31,34)/t28-/m0/s1. The molecular weight excluding hydrogens is 420 g/mol. The molecule has 3 rings (SSSR count). The number of benzene rings is 3. The molecule has 178 valence electrons. The minimum atomic E-state index is -0.598. The summed E-state index contributed by atoms with van der Waals surface area (Å²) in [5, 5.41) is 3.08. The molecule has 2 amide bonds. The number of carbonyl (C=O) groups excluding carboxylic acids is 2. The number of hydrogen-bond acceptors (Lipinski definition) is 2. The van der Waals surface area contributed by atoms with Gasteiger partial charge >= 0.3 is 0 Å². The topological polar surface area (TPSA) is 49.4 Å². The molecule has 3 aromatic carbocycles. The van der Waals surface area contributed by atoms with Gasteiger partial charge in [0.05, 0.1) is 6.42 Å². The molecule has 0 saturated carbocycles. The first-order chi connectivity index (χ1) is 16.3. The molecule has 0 unspecified atom stereocenters. The van der Waals surface area contributed by atoms with Crippen LogP contribution in [-0.2, 0) is 29.0 Å². The Bertz CT molecular complexity index is 1070. The monoisotopic (exact) mass is 456 g/mol. The quantitative estimate of drug-likeness (QED) is 0.452. The Morgan fingerprint density at radius 3 is 2.12 bits per heavy atom. The third-order valence-corrected chi connectivity index (χ3v) is 6.03. The van der Waals surface area contributed by atoms with Crippen LogP contribution in [0.5, 0.6) is 0 Å². The minimum Gasteiger partial charge on any atom is -0.354 e. The molecule has 1 N–H and O–H groups in total. The van der Waals surface area contributed by atoms with E-state index in [-0.39, 0.29) is 18.2 Å². The van der Waals surface area contributed by atoms with Gasteiger partial charge in [0, 0.05) is 19.5 Å². The third-order valence-electron chi connectivity index (χ3n) is 6.03. The lowest BCUT2D eigenvalue weighted by Crippen LogP contribution is -2.51. The fraction of sp³-hybridized carbons (Fsp3) is 0.333. The second-order valence-electron chi connectivity index (χ2n) is 9.46. The normalized spacial score (nSPS) is 11.8. The Morgan fingerprint density at radius 1 is 0.824 bits per heavy atom. The molecule has 34 heavy (non-hydrogen) atoms. The van der Waals surface area contributed by atoms with Gasteiger partial charge in [0.1, 0.15) is 6.04 Å². The summed E-state index contributed by atoms with van der Waals surface area (Å²) in [6, 6.07) is 25.4. The van der Waals surface area contributed by atoms with E-state index in [0.717, 1.165) is 27.8 Å². The van der Waals surface area contributed by atoms with Crippen molar-refractivity contribution in [2.75, 3.05) is 6.54 Å². The molecule has 0 aromatic heterocycles. The predicted molar refractivity (Wildman–Crippen MR) is 138 cm³/mol. The van der Waals surface area contributed by atoms with Gasteiger partial charge in [0.25, 0.3) is 0 Å². The van der Waals surface area contributed by atoms with Crippen LogP contribution in [0, 0.1) is 19.8 Å². The van der Waals surface area contributed by atoms with Gasteiger partial charge < -0.3 is 10.2 Å². The molecule has 3 aromatic rings. The highest BCUT2D eigenvalue weighted by Gasteiger charge is 2.30. The maximum Gasteiger partial charge on any atom is 0.243 e. The average molecular weight is 457 g/mol. The summed E-state index contributed by atoms with van der Waals surface area (Å²) in [5.74, 6) is 0.174. The van der Waals surface area contributed by atoms with Crippen LogP contribution in [0.4, 0.5) is 0 Å². The highest BCUT2D eigenvalue weighted by molar-refractivity contribution is 5.89. The van der Waals surface area contributed by atoms with Crippen molar-refractivity contribution in [1.29, 1.82) is 0 Å². The van der Waals surface area contributed by atoms with Crippen LogP contribution in [0.1, 0.15) is 41.7 Å². The van der Waals surface area contributed by atoms with Gasteiger partial charge in [-0.05, 0) is 42.0 Å². The van der Waals surface area contributed by atoms with E-state index in [1.807, 2.05) is 92.7 Å². The first-order valence-electron chi connectivity index (χ1n) is 12.0. The van der Waals surface area contributed by atoms with Gasteiger partial charge in [-0.2, -0.15) is 0 Å².